The molecule has 2 heterocycles. The van der Waals surface area contributed by atoms with E-state index in [1.54, 1.807) is 0 Å². The van der Waals surface area contributed by atoms with Crippen LogP contribution in [0.5, 0.6) is 0 Å². The Bertz CT molecular complexity index is 436. The van der Waals surface area contributed by atoms with Gasteiger partial charge in [0.1, 0.15) is 0 Å². The SMILES string of the molecule is CCNC(CCc1cccs1)c1snnc1C. The maximum absolute atomic E-state index is 4.10. The number of nitrogens with one attached hydrogen (secondary N) is 1. The summed E-state index contributed by atoms with van der Waals surface area (Å²) in [5, 5.41) is 9.76. The molecule has 5 heteroatoms. The van der Waals surface area contributed by atoms with Gasteiger partial charge in [-0.15, -0.1) is 16.4 Å². The Balaban J connectivity index is 2.00. The van der Waals surface area contributed by atoms with Gasteiger partial charge in [-0.25, -0.2) is 0 Å². The van der Waals surface area contributed by atoms with Gasteiger partial charge in [0.2, 0.25) is 0 Å². The van der Waals surface area contributed by atoms with Crippen molar-refractivity contribution in [2.45, 2.75) is 32.7 Å². The summed E-state index contributed by atoms with van der Waals surface area (Å²) < 4.78 is 4.02. The van der Waals surface area contributed by atoms with Crippen molar-refractivity contribution in [1.82, 2.24) is 14.9 Å². The van der Waals surface area contributed by atoms with E-state index >= 15 is 0 Å². The predicted octanol–water partition coefficient (Wildman–Crippen LogP) is 3.19. The molecule has 2 aromatic heterocycles. The number of hydrogen-bond donors (Lipinski definition) is 1. The second kappa shape index (κ2) is 6.23. The molecule has 0 spiro atoms. The molecule has 0 fully saturated rings. The maximum Gasteiger partial charge on any atom is 0.0772 e. The van der Waals surface area contributed by atoms with Crippen LogP contribution in [0.3, 0.4) is 0 Å². The van der Waals surface area contributed by atoms with Gasteiger partial charge in [0.05, 0.1) is 10.6 Å². The van der Waals surface area contributed by atoms with Crippen molar-refractivity contribution in [3.63, 3.8) is 0 Å². The molecule has 0 bridgehead atoms. The van der Waals surface area contributed by atoms with E-state index < -0.39 is 0 Å². The normalized spacial score (nSPS) is 12.8. The molecular formula is C12H17N3S2. The van der Waals surface area contributed by atoms with Gasteiger partial charge in [-0.1, -0.05) is 17.5 Å². The van der Waals surface area contributed by atoms with Crippen LogP contribution in [0, 0.1) is 6.92 Å². The summed E-state index contributed by atoms with van der Waals surface area (Å²) in [6, 6.07) is 4.70. The van der Waals surface area contributed by atoms with Gasteiger partial charge in [0.15, 0.2) is 0 Å². The molecule has 92 valence electrons. The fourth-order valence-corrected chi connectivity index (χ4v) is 3.35. The molecule has 1 atom stereocenters. The second-order valence-electron chi connectivity index (χ2n) is 3.95. The molecule has 17 heavy (non-hydrogen) atoms. The highest BCUT2D eigenvalue weighted by Gasteiger charge is 2.16. The third kappa shape index (κ3) is 3.34. The topological polar surface area (TPSA) is 37.8 Å². The van der Waals surface area contributed by atoms with Gasteiger partial charge in [-0.3, -0.25) is 0 Å². The summed E-state index contributed by atoms with van der Waals surface area (Å²) in [5.41, 5.74) is 1.06. The van der Waals surface area contributed by atoms with Crippen molar-refractivity contribution < 1.29 is 0 Å². The monoisotopic (exact) mass is 267 g/mol. The average molecular weight is 267 g/mol. The molecule has 0 radical (unpaired) electrons. The van der Waals surface area contributed by atoms with E-state index in [1.807, 2.05) is 18.3 Å². The fraction of sp³-hybridized carbons (Fsp3) is 0.500. The highest BCUT2D eigenvalue weighted by Crippen LogP contribution is 2.25. The molecular weight excluding hydrogens is 250 g/mol. The second-order valence-corrected chi connectivity index (χ2v) is 5.77. The van der Waals surface area contributed by atoms with Gasteiger partial charge >= 0.3 is 0 Å². The lowest BCUT2D eigenvalue weighted by molar-refractivity contribution is 0.521. The minimum Gasteiger partial charge on any atom is -0.309 e. The van der Waals surface area contributed by atoms with Crippen LogP contribution in [0.15, 0.2) is 17.5 Å². The first-order valence-corrected chi connectivity index (χ1v) is 7.51. The third-order valence-electron chi connectivity index (χ3n) is 2.71. The molecule has 0 aromatic carbocycles. The van der Waals surface area contributed by atoms with E-state index in [-0.39, 0.29) is 0 Å². The molecule has 0 saturated carbocycles. The summed E-state index contributed by atoms with van der Waals surface area (Å²) in [5.74, 6) is 0. The molecule has 3 nitrogen and oxygen atoms in total. The largest absolute Gasteiger partial charge is 0.309 e. The van der Waals surface area contributed by atoms with Crippen LogP contribution >= 0.6 is 22.9 Å². The minimum absolute atomic E-state index is 0.391. The molecule has 1 N–H and O–H groups in total. The number of aromatic nitrogens is 2. The van der Waals surface area contributed by atoms with E-state index in [4.69, 9.17) is 0 Å². The van der Waals surface area contributed by atoms with Crippen molar-refractivity contribution in [3.8, 4) is 0 Å². The molecule has 1 unspecified atom stereocenters. The summed E-state index contributed by atoms with van der Waals surface area (Å²) in [6.45, 7) is 5.16. The molecule has 0 aliphatic rings. The van der Waals surface area contributed by atoms with E-state index in [9.17, 15) is 0 Å². The lowest BCUT2D eigenvalue weighted by Gasteiger charge is -2.15. The van der Waals surface area contributed by atoms with Gasteiger partial charge < -0.3 is 5.32 Å². The smallest absolute Gasteiger partial charge is 0.0772 e. The summed E-state index contributed by atoms with van der Waals surface area (Å²) in [4.78, 5) is 2.73. The molecule has 2 rings (SSSR count). The number of nitrogens with zero attached hydrogens (tertiary/aromatic N) is 2. The van der Waals surface area contributed by atoms with Crippen molar-refractivity contribution in [2.24, 2.45) is 0 Å². The van der Waals surface area contributed by atoms with Gasteiger partial charge in [-0.05, 0) is 49.3 Å². The first-order chi connectivity index (χ1) is 8.31. The Labute approximate surface area is 110 Å². The predicted molar refractivity (Wildman–Crippen MR) is 73.7 cm³/mol. The zero-order valence-electron chi connectivity index (χ0n) is 10.1. The Morgan fingerprint density at radius 1 is 1.47 bits per heavy atom. The van der Waals surface area contributed by atoms with Crippen LogP contribution in [0.25, 0.3) is 0 Å². The standard InChI is InChI=1S/C12H17N3S2/c1-3-13-11(12-9(2)14-15-17-12)7-6-10-5-4-8-16-10/h4-5,8,11,13H,3,6-7H2,1-2H3. The van der Waals surface area contributed by atoms with Gasteiger partial charge in [-0.2, -0.15) is 0 Å². The first kappa shape index (κ1) is 12.7. The minimum atomic E-state index is 0.391. The van der Waals surface area contributed by atoms with Crippen LogP contribution in [-0.4, -0.2) is 16.1 Å². The van der Waals surface area contributed by atoms with Crippen molar-refractivity contribution in [1.29, 1.82) is 0 Å². The van der Waals surface area contributed by atoms with E-state index in [0.717, 1.165) is 25.1 Å². The van der Waals surface area contributed by atoms with E-state index in [1.165, 1.54) is 21.3 Å². The Hall–Kier alpha value is -0.780. The molecule has 0 aliphatic carbocycles. The summed E-state index contributed by atoms with van der Waals surface area (Å²) in [7, 11) is 0. The van der Waals surface area contributed by atoms with Crippen molar-refractivity contribution in [3.05, 3.63) is 33.0 Å². The van der Waals surface area contributed by atoms with Crippen LogP contribution in [0.4, 0.5) is 0 Å². The van der Waals surface area contributed by atoms with Crippen LogP contribution in [0.1, 0.15) is 34.8 Å². The molecule has 0 saturated heterocycles. The van der Waals surface area contributed by atoms with Crippen LogP contribution in [0.2, 0.25) is 0 Å². The van der Waals surface area contributed by atoms with Gasteiger partial charge in [0, 0.05) is 10.9 Å². The fourth-order valence-electron chi connectivity index (χ4n) is 1.87. The highest BCUT2D eigenvalue weighted by molar-refractivity contribution is 7.09. The molecule has 2 aromatic rings. The lowest BCUT2D eigenvalue weighted by Crippen LogP contribution is -2.21. The summed E-state index contributed by atoms with van der Waals surface area (Å²) in [6.07, 6.45) is 2.23. The van der Waals surface area contributed by atoms with E-state index in [2.05, 4.69) is 39.3 Å². The zero-order chi connectivity index (χ0) is 12.1. The Morgan fingerprint density at radius 2 is 2.35 bits per heavy atom. The van der Waals surface area contributed by atoms with Crippen LogP contribution in [-0.2, 0) is 6.42 Å². The van der Waals surface area contributed by atoms with Crippen LogP contribution < -0.4 is 5.32 Å². The van der Waals surface area contributed by atoms with Crippen molar-refractivity contribution in [2.75, 3.05) is 6.54 Å². The third-order valence-corrected chi connectivity index (χ3v) is 4.59. The number of thiophene rings is 1. The van der Waals surface area contributed by atoms with Gasteiger partial charge in [0.25, 0.3) is 0 Å². The number of aryl methyl sites for hydroxylation is 2. The quantitative estimate of drug-likeness (QED) is 0.873. The number of rotatable bonds is 6. The molecule has 0 amide bonds. The Morgan fingerprint density at radius 3 is 2.94 bits per heavy atom. The zero-order valence-corrected chi connectivity index (χ0v) is 11.8. The Kier molecular flexibility index (Phi) is 4.65. The average Bonchev–Trinajstić information content (AvgIpc) is 2.95. The highest BCUT2D eigenvalue weighted by atomic mass is 32.1. The lowest BCUT2D eigenvalue weighted by atomic mass is 10.1. The first-order valence-electron chi connectivity index (χ1n) is 5.86. The van der Waals surface area contributed by atoms with Crippen molar-refractivity contribution >= 4 is 22.9 Å². The maximum atomic E-state index is 4.10. The molecule has 0 aliphatic heterocycles. The van der Waals surface area contributed by atoms with E-state index in [0.29, 0.717) is 6.04 Å². The summed E-state index contributed by atoms with van der Waals surface area (Å²) >= 11 is 3.34. The number of hydrogen-bond acceptors (Lipinski definition) is 5.